The minimum atomic E-state index is -0.562. The molecule has 3 rings (SSSR count). The normalized spacial score (nSPS) is 15.8. The fourth-order valence-electron chi connectivity index (χ4n) is 4.25. The molecule has 0 radical (unpaired) electrons. The number of esters is 2. The standard InChI is InChI=1S/C27H31NO4S/c1-5-32-27(30)25-21(16-11-14-19-12-7-6-8-13-19)28-18(2)23(26(29)31-3)24(25)20-15-9-10-17-22(20)33-4/h6-10,12-13,15,17,24,28H,5,11,14,16H2,1-4H3. The number of ether oxygens (including phenoxy) is 2. The Hall–Kier alpha value is -2.99. The smallest absolute Gasteiger partial charge is 0.336 e. The molecule has 1 atom stereocenters. The number of rotatable bonds is 9. The van der Waals surface area contributed by atoms with Crippen molar-refractivity contribution in [3.63, 3.8) is 0 Å². The molecule has 1 heterocycles. The lowest BCUT2D eigenvalue weighted by Gasteiger charge is -2.32. The maximum absolute atomic E-state index is 13.3. The van der Waals surface area contributed by atoms with Gasteiger partial charge in [-0.05, 0) is 56.6 Å². The summed E-state index contributed by atoms with van der Waals surface area (Å²) < 4.78 is 10.6. The summed E-state index contributed by atoms with van der Waals surface area (Å²) in [4.78, 5) is 27.2. The number of allylic oxidation sites excluding steroid dienone is 2. The van der Waals surface area contributed by atoms with Crippen LogP contribution in [0.5, 0.6) is 0 Å². The molecule has 0 saturated heterocycles. The number of dihydropyridines is 1. The number of methoxy groups -OCH3 is 1. The van der Waals surface area contributed by atoms with Crippen molar-refractivity contribution in [2.45, 2.75) is 43.9 Å². The van der Waals surface area contributed by atoms with Crippen LogP contribution in [0.4, 0.5) is 0 Å². The first-order chi connectivity index (χ1) is 16.0. The highest BCUT2D eigenvalue weighted by Gasteiger charge is 2.39. The number of nitrogens with one attached hydrogen (secondary N) is 1. The Balaban J connectivity index is 2.09. The van der Waals surface area contributed by atoms with Gasteiger partial charge in [-0.1, -0.05) is 48.5 Å². The van der Waals surface area contributed by atoms with Gasteiger partial charge in [-0.2, -0.15) is 0 Å². The Morgan fingerprint density at radius 3 is 2.33 bits per heavy atom. The Morgan fingerprint density at radius 2 is 1.67 bits per heavy atom. The number of benzene rings is 2. The van der Waals surface area contributed by atoms with Crippen LogP contribution in [0.15, 0.2) is 82.0 Å². The molecule has 5 nitrogen and oxygen atoms in total. The lowest BCUT2D eigenvalue weighted by atomic mass is 9.79. The van der Waals surface area contributed by atoms with Crippen LogP contribution in [-0.2, 0) is 25.5 Å². The number of thioether (sulfide) groups is 1. The molecule has 1 unspecified atom stereocenters. The van der Waals surface area contributed by atoms with Crippen molar-refractivity contribution in [1.82, 2.24) is 5.32 Å². The number of carbonyl (C=O) groups is 2. The van der Waals surface area contributed by atoms with E-state index < -0.39 is 17.9 Å². The molecule has 1 N–H and O–H groups in total. The Bertz CT molecular complexity index is 1060. The summed E-state index contributed by atoms with van der Waals surface area (Å²) in [6.07, 6.45) is 4.39. The highest BCUT2D eigenvalue weighted by atomic mass is 32.2. The third kappa shape index (κ3) is 5.69. The summed E-state index contributed by atoms with van der Waals surface area (Å²) in [7, 11) is 1.36. The summed E-state index contributed by atoms with van der Waals surface area (Å²) in [6.45, 7) is 3.91. The van der Waals surface area contributed by atoms with Crippen LogP contribution in [0.2, 0.25) is 0 Å². The number of hydrogen-bond donors (Lipinski definition) is 1. The number of carbonyl (C=O) groups excluding carboxylic acids is 2. The van der Waals surface area contributed by atoms with Crippen LogP contribution in [0.1, 0.15) is 43.7 Å². The van der Waals surface area contributed by atoms with E-state index >= 15 is 0 Å². The van der Waals surface area contributed by atoms with E-state index in [1.54, 1.807) is 18.7 Å². The zero-order valence-corrected chi connectivity index (χ0v) is 20.5. The van der Waals surface area contributed by atoms with Crippen LogP contribution in [0.25, 0.3) is 0 Å². The SMILES string of the molecule is CCOC(=O)C1=C(CCCc2ccccc2)NC(C)=C(C(=O)OC)C1c1ccccc1SC. The van der Waals surface area contributed by atoms with Gasteiger partial charge in [0.25, 0.3) is 0 Å². The van der Waals surface area contributed by atoms with Gasteiger partial charge in [-0.25, -0.2) is 9.59 Å². The summed E-state index contributed by atoms with van der Waals surface area (Å²) in [6, 6.07) is 18.1. The van der Waals surface area contributed by atoms with E-state index in [0.717, 1.165) is 29.0 Å². The third-order valence-corrected chi connectivity index (χ3v) is 6.54. The predicted molar refractivity (Wildman–Crippen MR) is 132 cm³/mol. The minimum Gasteiger partial charge on any atom is -0.466 e. The fourth-order valence-corrected chi connectivity index (χ4v) is 4.89. The fraction of sp³-hybridized carbons (Fsp3) is 0.333. The van der Waals surface area contributed by atoms with Crippen LogP contribution < -0.4 is 5.32 Å². The predicted octanol–water partition coefficient (Wildman–Crippen LogP) is 5.38. The van der Waals surface area contributed by atoms with Crippen LogP contribution in [-0.4, -0.2) is 31.9 Å². The Kier molecular flexibility index (Phi) is 8.78. The van der Waals surface area contributed by atoms with E-state index in [1.165, 1.54) is 12.7 Å². The maximum atomic E-state index is 13.3. The zero-order valence-electron chi connectivity index (χ0n) is 19.6. The van der Waals surface area contributed by atoms with Crippen molar-refractivity contribution >= 4 is 23.7 Å². The highest BCUT2D eigenvalue weighted by molar-refractivity contribution is 7.98. The minimum absolute atomic E-state index is 0.257. The molecule has 0 spiro atoms. The van der Waals surface area contributed by atoms with E-state index in [0.29, 0.717) is 23.3 Å². The number of hydrogen-bond acceptors (Lipinski definition) is 6. The Labute approximate surface area is 200 Å². The molecule has 0 amide bonds. The molecule has 1 aliphatic rings. The molecule has 1 aliphatic heterocycles. The van der Waals surface area contributed by atoms with E-state index in [2.05, 4.69) is 17.4 Å². The summed E-state index contributed by atoms with van der Waals surface area (Å²) in [5.74, 6) is -1.42. The first-order valence-electron chi connectivity index (χ1n) is 11.1. The molecule has 0 aliphatic carbocycles. The van der Waals surface area contributed by atoms with Gasteiger partial charge in [0.2, 0.25) is 0 Å². The van der Waals surface area contributed by atoms with Crippen LogP contribution >= 0.6 is 11.8 Å². The van der Waals surface area contributed by atoms with Gasteiger partial charge in [0, 0.05) is 16.3 Å². The van der Waals surface area contributed by atoms with Gasteiger partial charge in [0.05, 0.1) is 30.8 Å². The Morgan fingerprint density at radius 1 is 0.970 bits per heavy atom. The molecule has 0 saturated carbocycles. The molecular weight excluding hydrogens is 434 g/mol. The quantitative estimate of drug-likeness (QED) is 0.396. The summed E-state index contributed by atoms with van der Waals surface area (Å²) in [5.41, 5.74) is 4.57. The average Bonchev–Trinajstić information content (AvgIpc) is 2.84. The molecular formula is C27H31NO4S. The second-order valence-electron chi connectivity index (χ2n) is 7.78. The number of aryl methyl sites for hydroxylation is 1. The first-order valence-corrected chi connectivity index (χ1v) is 12.4. The van der Waals surface area contributed by atoms with Gasteiger partial charge in [0.15, 0.2) is 0 Å². The second kappa shape index (κ2) is 11.8. The van der Waals surface area contributed by atoms with Crippen molar-refractivity contribution < 1.29 is 19.1 Å². The van der Waals surface area contributed by atoms with Gasteiger partial charge in [-0.3, -0.25) is 0 Å². The van der Waals surface area contributed by atoms with Crippen molar-refractivity contribution in [3.05, 3.63) is 88.3 Å². The molecule has 0 aromatic heterocycles. The molecule has 174 valence electrons. The topological polar surface area (TPSA) is 64.6 Å². The van der Waals surface area contributed by atoms with Gasteiger partial charge in [0.1, 0.15) is 0 Å². The summed E-state index contributed by atoms with van der Waals surface area (Å²) >= 11 is 1.59. The van der Waals surface area contributed by atoms with Gasteiger partial charge >= 0.3 is 11.9 Å². The molecule has 2 aromatic rings. The highest BCUT2D eigenvalue weighted by Crippen LogP contribution is 2.43. The largest absolute Gasteiger partial charge is 0.466 e. The second-order valence-corrected chi connectivity index (χ2v) is 8.63. The van der Waals surface area contributed by atoms with Crippen molar-refractivity contribution in [2.24, 2.45) is 0 Å². The zero-order chi connectivity index (χ0) is 23.8. The third-order valence-electron chi connectivity index (χ3n) is 5.73. The van der Waals surface area contributed by atoms with Crippen molar-refractivity contribution in [2.75, 3.05) is 20.0 Å². The molecule has 33 heavy (non-hydrogen) atoms. The molecule has 2 aromatic carbocycles. The van der Waals surface area contributed by atoms with E-state index in [9.17, 15) is 9.59 Å². The summed E-state index contributed by atoms with van der Waals surface area (Å²) in [5, 5.41) is 3.35. The molecule has 0 fully saturated rings. The maximum Gasteiger partial charge on any atom is 0.336 e. The lowest BCUT2D eigenvalue weighted by Crippen LogP contribution is -2.33. The van der Waals surface area contributed by atoms with Crippen molar-refractivity contribution in [1.29, 1.82) is 0 Å². The van der Waals surface area contributed by atoms with E-state index in [-0.39, 0.29) is 6.61 Å². The van der Waals surface area contributed by atoms with E-state index in [1.807, 2.05) is 55.6 Å². The first kappa shape index (κ1) is 24.6. The van der Waals surface area contributed by atoms with Crippen molar-refractivity contribution in [3.8, 4) is 0 Å². The lowest BCUT2D eigenvalue weighted by molar-refractivity contribution is -0.139. The molecule has 6 heteroatoms. The monoisotopic (exact) mass is 465 g/mol. The van der Waals surface area contributed by atoms with Gasteiger partial charge < -0.3 is 14.8 Å². The molecule has 0 bridgehead atoms. The van der Waals surface area contributed by atoms with Gasteiger partial charge in [-0.15, -0.1) is 11.8 Å². The average molecular weight is 466 g/mol. The van der Waals surface area contributed by atoms with Crippen LogP contribution in [0, 0.1) is 0 Å². The van der Waals surface area contributed by atoms with Crippen LogP contribution in [0.3, 0.4) is 0 Å². The van der Waals surface area contributed by atoms with E-state index in [4.69, 9.17) is 9.47 Å².